The molecule has 0 rings (SSSR count). The summed E-state index contributed by atoms with van der Waals surface area (Å²) in [4.78, 5) is 38.3. The van der Waals surface area contributed by atoms with Crippen molar-refractivity contribution in [3.63, 3.8) is 0 Å². The maximum absolute atomic E-state index is 12.9. The van der Waals surface area contributed by atoms with Gasteiger partial charge < -0.3 is 14.2 Å². The molecule has 0 bridgehead atoms. The fraction of sp³-hybridized carbons (Fsp3) is 0.851. The van der Waals surface area contributed by atoms with Gasteiger partial charge in [0, 0.05) is 19.3 Å². The summed E-state index contributed by atoms with van der Waals surface area (Å²) >= 11 is 0. The molecule has 0 radical (unpaired) electrons. The number of hydrogen-bond acceptors (Lipinski definition) is 6. The van der Waals surface area contributed by atoms with E-state index in [9.17, 15) is 14.4 Å². The molecule has 6 nitrogen and oxygen atoms in total. The Bertz CT molecular complexity index is 1380. The molecule has 0 heterocycles. The lowest BCUT2D eigenvalue weighted by molar-refractivity contribution is -0.167. The van der Waals surface area contributed by atoms with Crippen molar-refractivity contribution < 1.29 is 28.6 Å². The van der Waals surface area contributed by atoms with E-state index >= 15 is 0 Å². The van der Waals surface area contributed by atoms with Crippen molar-refractivity contribution >= 4 is 17.9 Å². The van der Waals surface area contributed by atoms with Crippen molar-refractivity contribution in [1.82, 2.24) is 0 Å². The molecule has 0 amide bonds. The molecule has 0 aliphatic carbocycles. The van der Waals surface area contributed by atoms with Crippen LogP contribution in [0, 0.1) is 0 Å². The molecule has 6 heteroatoms. The lowest BCUT2D eigenvalue weighted by Crippen LogP contribution is -2.30. The zero-order valence-electron chi connectivity index (χ0n) is 53.9. The number of carbonyl (C=O) groups is 3. The van der Waals surface area contributed by atoms with Crippen LogP contribution in [0.5, 0.6) is 0 Å². The van der Waals surface area contributed by atoms with Crippen LogP contribution in [0.4, 0.5) is 0 Å². The van der Waals surface area contributed by atoms with E-state index in [-0.39, 0.29) is 31.1 Å². The summed E-state index contributed by atoms with van der Waals surface area (Å²) in [6.45, 7) is 6.57. The summed E-state index contributed by atoms with van der Waals surface area (Å²) in [5, 5.41) is 0. The average molecular weight is 1120 g/mol. The van der Waals surface area contributed by atoms with E-state index in [1.54, 1.807) is 0 Å². The first-order valence-electron chi connectivity index (χ1n) is 35.6. The van der Waals surface area contributed by atoms with E-state index in [4.69, 9.17) is 14.2 Å². The number of unbranched alkanes of at least 4 members (excludes halogenated alkanes) is 47. The topological polar surface area (TPSA) is 78.9 Å². The molecule has 0 N–H and O–H groups in total. The molecule has 80 heavy (non-hydrogen) atoms. The van der Waals surface area contributed by atoms with Gasteiger partial charge in [0.05, 0.1) is 0 Å². The Kier molecular flexibility index (Phi) is 66.6. The van der Waals surface area contributed by atoms with E-state index in [0.29, 0.717) is 19.3 Å². The zero-order valence-corrected chi connectivity index (χ0v) is 53.9. The Morgan fingerprint density at radius 2 is 0.487 bits per heavy atom. The molecule has 0 spiro atoms. The van der Waals surface area contributed by atoms with Crippen molar-refractivity contribution in [2.24, 2.45) is 0 Å². The smallest absolute Gasteiger partial charge is 0.306 e. The van der Waals surface area contributed by atoms with Gasteiger partial charge in [-0.1, -0.05) is 358 Å². The first-order chi connectivity index (χ1) is 39.5. The SMILES string of the molecule is CC/C=C\C/C=C\C/C=C\C/C=C\CCCCCCCCCCCCC(=O)OC(COC(=O)CCCCCCCCCCC)COC(=O)CCCCCCCCCCCCCCCCCCCCCCCCCCCCCCCC. The van der Waals surface area contributed by atoms with Gasteiger partial charge in [-0.3, -0.25) is 14.4 Å². The van der Waals surface area contributed by atoms with Gasteiger partial charge in [-0.05, 0) is 57.8 Å². The van der Waals surface area contributed by atoms with Crippen LogP contribution >= 0.6 is 0 Å². The number of rotatable bonds is 66. The predicted molar refractivity (Wildman–Crippen MR) is 349 cm³/mol. The largest absolute Gasteiger partial charge is 0.462 e. The van der Waals surface area contributed by atoms with Crippen molar-refractivity contribution in [1.29, 1.82) is 0 Å². The molecule has 1 unspecified atom stereocenters. The molecule has 0 aliphatic heterocycles. The Hall–Kier alpha value is -2.63. The van der Waals surface area contributed by atoms with E-state index in [1.165, 1.54) is 263 Å². The third-order valence-corrected chi connectivity index (χ3v) is 16.1. The Balaban J connectivity index is 4.08. The van der Waals surface area contributed by atoms with Crippen molar-refractivity contribution in [2.45, 2.75) is 393 Å². The van der Waals surface area contributed by atoms with E-state index in [1.807, 2.05) is 0 Å². The summed E-state index contributed by atoms with van der Waals surface area (Å²) in [5.41, 5.74) is 0. The van der Waals surface area contributed by atoms with Crippen LogP contribution in [0.25, 0.3) is 0 Å². The zero-order chi connectivity index (χ0) is 57.8. The van der Waals surface area contributed by atoms with Crippen LogP contribution in [0.15, 0.2) is 48.6 Å². The van der Waals surface area contributed by atoms with Crippen LogP contribution in [-0.2, 0) is 28.6 Å². The molecule has 1 atom stereocenters. The molecule has 0 fully saturated rings. The van der Waals surface area contributed by atoms with Gasteiger partial charge in [0.1, 0.15) is 13.2 Å². The fourth-order valence-electron chi connectivity index (χ4n) is 10.8. The number of esters is 3. The quantitative estimate of drug-likeness (QED) is 0.0261. The average Bonchev–Trinajstić information content (AvgIpc) is 3.46. The third-order valence-electron chi connectivity index (χ3n) is 16.1. The van der Waals surface area contributed by atoms with Crippen LogP contribution < -0.4 is 0 Å². The molecule has 468 valence electrons. The summed E-state index contributed by atoms with van der Waals surface area (Å²) in [5.74, 6) is -0.852. The lowest BCUT2D eigenvalue weighted by atomic mass is 10.0. The van der Waals surface area contributed by atoms with Gasteiger partial charge in [0.2, 0.25) is 0 Å². The van der Waals surface area contributed by atoms with Gasteiger partial charge in [0.25, 0.3) is 0 Å². The van der Waals surface area contributed by atoms with Gasteiger partial charge in [-0.2, -0.15) is 0 Å². The minimum absolute atomic E-state index is 0.0695. The number of hydrogen-bond donors (Lipinski definition) is 0. The Morgan fingerprint density at radius 1 is 0.263 bits per heavy atom. The summed E-state index contributed by atoms with van der Waals surface area (Å²) in [6.07, 6.45) is 87.4. The maximum atomic E-state index is 12.9. The third kappa shape index (κ3) is 66.2. The van der Waals surface area contributed by atoms with Crippen LogP contribution in [0.3, 0.4) is 0 Å². The van der Waals surface area contributed by atoms with E-state index in [0.717, 1.165) is 83.5 Å². The highest BCUT2D eigenvalue weighted by atomic mass is 16.6. The minimum atomic E-state index is -0.772. The van der Waals surface area contributed by atoms with Crippen LogP contribution in [0.1, 0.15) is 387 Å². The highest BCUT2D eigenvalue weighted by Gasteiger charge is 2.19. The second-order valence-electron chi connectivity index (χ2n) is 24.1. The maximum Gasteiger partial charge on any atom is 0.306 e. The number of ether oxygens (including phenoxy) is 3. The van der Waals surface area contributed by atoms with Crippen LogP contribution in [-0.4, -0.2) is 37.2 Å². The second kappa shape index (κ2) is 68.9. The fourth-order valence-corrected chi connectivity index (χ4v) is 10.8. The Labute approximate surface area is 498 Å². The van der Waals surface area contributed by atoms with Crippen molar-refractivity contribution in [3.05, 3.63) is 48.6 Å². The molecule has 0 aliphatic rings. The van der Waals surface area contributed by atoms with Crippen LogP contribution in [0.2, 0.25) is 0 Å². The normalized spacial score (nSPS) is 12.3. The Morgan fingerprint density at radius 3 is 0.762 bits per heavy atom. The summed E-state index contributed by atoms with van der Waals surface area (Å²) < 4.78 is 16.9. The van der Waals surface area contributed by atoms with Gasteiger partial charge >= 0.3 is 17.9 Å². The minimum Gasteiger partial charge on any atom is -0.462 e. The van der Waals surface area contributed by atoms with Gasteiger partial charge in [-0.15, -0.1) is 0 Å². The van der Waals surface area contributed by atoms with Gasteiger partial charge in [0.15, 0.2) is 6.10 Å². The predicted octanol–water partition coefficient (Wildman–Crippen LogP) is 24.5. The lowest BCUT2D eigenvalue weighted by Gasteiger charge is -2.18. The first-order valence-corrected chi connectivity index (χ1v) is 35.6. The molecule has 0 saturated heterocycles. The summed E-state index contributed by atoms with van der Waals surface area (Å²) in [6, 6.07) is 0. The highest BCUT2D eigenvalue weighted by molar-refractivity contribution is 5.71. The molecule has 0 saturated carbocycles. The van der Waals surface area contributed by atoms with Crippen molar-refractivity contribution in [2.75, 3.05) is 13.2 Å². The molecule has 0 aromatic carbocycles. The summed E-state index contributed by atoms with van der Waals surface area (Å²) in [7, 11) is 0. The van der Waals surface area contributed by atoms with Gasteiger partial charge in [-0.25, -0.2) is 0 Å². The standard InChI is InChI=1S/C74H136O6/c1-4-7-10-13-16-19-21-23-25-27-29-31-33-34-35-36-37-38-39-41-42-44-46-48-50-52-55-58-61-64-67-73(76)79-70-71(69-78-72(75)66-63-60-57-54-18-15-12-9-6-3)80-74(77)68-65-62-59-56-53-51-49-47-45-43-40-32-30-28-26-24-22-20-17-14-11-8-5-2/h8,11,17,20,24,26,30,32,71H,4-7,9-10,12-16,18-19,21-23,25,27-29,31,33-70H2,1-3H3/b11-8-,20-17-,26-24-,32-30-. The van der Waals surface area contributed by atoms with Crippen molar-refractivity contribution in [3.8, 4) is 0 Å². The molecular formula is C74H136O6. The molecule has 0 aromatic rings. The van der Waals surface area contributed by atoms with E-state index in [2.05, 4.69) is 69.4 Å². The highest BCUT2D eigenvalue weighted by Crippen LogP contribution is 2.19. The molecule has 0 aromatic heterocycles. The monoisotopic (exact) mass is 1120 g/mol. The second-order valence-corrected chi connectivity index (χ2v) is 24.1. The first kappa shape index (κ1) is 77.4. The number of carbonyl (C=O) groups excluding carboxylic acids is 3. The molecular weight excluding hydrogens is 985 g/mol. The number of allylic oxidation sites excluding steroid dienone is 8. The van der Waals surface area contributed by atoms with E-state index < -0.39 is 6.10 Å².